The van der Waals surface area contributed by atoms with Gasteiger partial charge < -0.3 is 0 Å². The van der Waals surface area contributed by atoms with Crippen molar-refractivity contribution in [2.45, 2.75) is 77.0 Å². The van der Waals surface area contributed by atoms with Crippen LogP contribution in [0.25, 0.3) is 21.9 Å². The summed E-state index contributed by atoms with van der Waals surface area (Å²) < 4.78 is 0. The number of aryl methyl sites for hydroxylation is 1. The van der Waals surface area contributed by atoms with Crippen LogP contribution in [0.3, 0.4) is 0 Å². The molecule has 0 N–H and O–H groups in total. The van der Waals surface area contributed by atoms with E-state index in [1.54, 1.807) is 5.56 Å². The van der Waals surface area contributed by atoms with Crippen LogP contribution in [0.1, 0.15) is 81.8 Å². The van der Waals surface area contributed by atoms with Gasteiger partial charge in [-0.25, -0.2) is 0 Å². The fourth-order valence-corrected chi connectivity index (χ4v) is 4.82. The Kier molecular flexibility index (Phi) is 10.6. The maximum absolute atomic E-state index is 4.93. The van der Waals surface area contributed by atoms with E-state index in [1.165, 1.54) is 91.7 Å². The predicted octanol–water partition coefficient (Wildman–Crippen LogP) is 9.77. The summed E-state index contributed by atoms with van der Waals surface area (Å²) in [6, 6.07) is 21.1. The first kappa shape index (κ1) is 24.2. The number of hydrogen-bond acceptors (Lipinski definition) is 0. The van der Waals surface area contributed by atoms with Crippen molar-refractivity contribution in [1.82, 2.24) is 0 Å². The van der Waals surface area contributed by atoms with Gasteiger partial charge in [-0.1, -0.05) is 87.8 Å². The summed E-state index contributed by atoms with van der Waals surface area (Å²) in [6.45, 7) is 2.28. The van der Waals surface area contributed by atoms with Gasteiger partial charge in [-0.15, -0.1) is 34.5 Å². The summed E-state index contributed by atoms with van der Waals surface area (Å²) in [4.78, 5) is 0. The Morgan fingerprint density at radius 3 is 2.37 bits per heavy atom. The van der Waals surface area contributed by atoms with Crippen LogP contribution >= 0.6 is 17.0 Å². The molecule has 1 aliphatic rings. The van der Waals surface area contributed by atoms with Crippen LogP contribution < -0.4 is 0 Å². The van der Waals surface area contributed by atoms with Crippen molar-refractivity contribution in [3.63, 3.8) is 0 Å². The molecule has 0 radical (unpaired) electrons. The molecule has 0 aliphatic heterocycles. The van der Waals surface area contributed by atoms with Crippen molar-refractivity contribution in [3.05, 3.63) is 65.7 Å². The zero-order valence-electron chi connectivity index (χ0n) is 18.1. The molecule has 160 valence electrons. The summed E-state index contributed by atoms with van der Waals surface area (Å²) in [5, 5.41) is 2.82. The Morgan fingerprint density at radius 1 is 0.933 bits per heavy atom. The number of rotatable bonds is 7. The molecular formula is C27H33Cl2Zr-. The Hall–Kier alpha value is -0.487. The number of fused-ring (bicyclic) bond motifs is 1. The van der Waals surface area contributed by atoms with E-state index >= 15 is 0 Å². The van der Waals surface area contributed by atoms with Gasteiger partial charge in [0.05, 0.1) is 0 Å². The third-order valence-corrected chi connectivity index (χ3v) is 6.43. The number of hydrogen-bond donors (Lipinski definition) is 0. The molecule has 0 heterocycles. The van der Waals surface area contributed by atoms with Gasteiger partial charge in [0.25, 0.3) is 0 Å². The van der Waals surface area contributed by atoms with Crippen molar-refractivity contribution >= 4 is 27.8 Å². The first-order chi connectivity index (χ1) is 14.8. The first-order valence-electron chi connectivity index (χ1n) is 11.5. The normalized spacial score (nSPS) is 14.4. The SMILES string of the molecule is CCCCCCc1cc2c(-c3ccc(C4CCCCC4)cc3)cccc2[cH-]1.[Cl][Zr][Cl]. The van der Waals surface area contributed by atoms with Gasteiger partial charge in [-0.05, 0) is 36.3 Å². The van der Waals surface area contributed by atoms with E-state index in [0.717, 1.165) is 5.92 Å². The van der Waals surface area contributed by atoms with Crippen LogP contribution in [-0.4, -0.2) is 0 Å². The van der Waals surface area contributed by atoms with Crippen LogP contribution in [0.2, 0.25) is 0 Å². The summed E-state index contributed by atoms with van der Waals surface area (Å²) in [7, 11) is 9.87. The van der Waals surface area contributed by atoms with Crippen LogP contribution in [0.4, 0.5) is 0 Å². The summed E-state index contributed by atoms with van der Waals surface area (Å²) >= 11 is -0.826. The average molecular weight is 520 g/mol. The van der Waals surface area contributed by atoms with Crippen molar-refractivity contribution in [1.29, 1.82) is 0 Å². The second kappa shape index (κ2) is 13.2. The van der Waals surface area contributed by atoms with Crippen molar-refractivity contribution in [3.8, 4) is 11.1 Å². The molecule has 1 fully saturated rings. The van der Waals surface area contributed by atoms with Crippen LogP contribution in [0, 0.1) is 0 Å². The summed E-state index contributed by atoms with van der Waals surface area (Å²) in [5.41, 5.74) is 5.81. The molecule has 0 atom stereocenters. The molecule has 1 aliphatic carbocycles. The van der Waals surface area contributed by atoms with Crippen molar-refractivity contribution in [2.24, 2.45) is 0 Å². The first-order valence-corrected chi connectivity index (χ1v) is 17.8. The van der Waals surface area contributed by atoms with Crippen LogP contribution in [0.15, 0.2) is 54.6 Å². The standard InChI is InChI=1S/C27H33.2ClH.Zr/c1-2-3-4-6-10-21-19-25-13-9-14-26(27(25)20-21)24-17-15-23(16-18-24)22-11-7-5-8-12-22;;;/h9,13-20,22H,2-8,10-12H2,1H3;2*1H;/q-1;;;+2/p-2. The molecule has 3 aromatic carbocycles. The fourth-order valence-electron chi connectivity index (χ4n) is 4.82. The van der Waals surface area contributed by atoms with Crippen LogP contribution in [0.5, 0.6) is 0 Å². The molecule has 1 saturated carbocycles. The van der Waals surface area contributed by atoms with E-state index in [9.17, 15) is 0 Å². The fraction of sp³-hybridized carbons (Fsp3) is 0.444. The van der Waals surface area contributed by atoms with Gasteiger partial charge in [-0.3, -0.25) is 0 Å². The zero-order valence-corrected chi connectivity index (χ0v) is 22.1. The number of benzene rings is 2. The molecule has 0 unspecified atom stereocenters. The summed E-state index contributed by atoms with van der Waals surface area (Å²) in [6.07, 6.45) is 13.5. The van der Waals surface area contributed by atoms with Crippen molar-refractivity contribution < 1.29 is 20.8 Å². The van der Waals surface area contributed by atoms with Gasteiger partial charge in [0.1, 0.15) is 0 Å². The van der Waals surface area contributed by atoms with E-state index in [4.69, 9.17) is 17.0 Å². The average Bonchev–Trinajstić information content (AvgIpc) is 3.21. The van der Waals surface area contributed by atoms with E-state index in [2.05, 4.69) is 61.5 Å². The maximum atomic E-state index is 4.93. The van der Waals surface area contributed by atoms with Gasteiger partial charge in [0.15, 0.2) is 0 Å². The minimum atomic E-state index is -0.826. The molecule has 0 spiro atoms. The molecule has 3 aromatic rings. The molecule has 0 amide bonds. The molecule has 4 rings (SSSR count). The summed E-state index contributed by atoms with van der Waals surface area (Å²) in [5.74, 6) is 0.789. The Bertz CT molecular complexity index is 876. The monoisotopic (exact) mass is 517 g/mol. The third kappa shape index (κ3) is 6.75. The Balaban J connectivity index is 0.000000806. The van der Waals surface area contributed by atoms with E-state index in [1.807, 2.05) is 0 Å². The van der Waals surface area contributed by atoms with E-state index < -0.39 is 20.8 Å². The number of unbranched alkanes of at least 4 members (excludes halogenated alkanes) is 3. The van der Waals surface area contributed by atoms with Gasteiger partial charge in [0.2, 0.25) is 0 Å². The Labute approximate surface area is 201 Å². The third-order valence-electron chi connectivity index (χ3n) is 6.43. The molecule has 0 aromatic heterocycles. The zero-order chi connectivity index (χ0) is 21.2. The van der Waals surface area contributed by atoms with Crippen molar-refractivity contribution in [2.75, 3.05) is 0 Å². The van der Waals surface area contributed by atoms with Gasteiger partial charge in [0, 0.05) is 0 Å². The van der Waals surface area contributed by atoms with Gasteiger partial charge >= 0.3 is 37.9 Å². The second-order valence-electron chi connectivity index (χ2n) is 8.51. The topological polar surface area (TPSA) is 0 Å². The molecule has 0 nitrogen and oxygen atoms in total. The molecule has 0 saturated heterocycles. The predicted molar refractivity (Wildman–Crippen MR) is 130 cm³/mol. The molecular weight excluding hydrogens is 486 g/mol. The number of halogens is 2. The Morgan fingerprint density at radius 2 is 1.67 bits per heavy atom. The minimum absolute atomic E-state index is 0.789. The van der Waals surface area contributed by atoms with E-state index in [-0.39, 0.29) is 0 Å². The van der Waals surface area contributed by atoms with E-state index in [0.29, 0.717) is 0 Å². The molecule has 30 heavy (non-hydrogen) atoms. The van der Waals surface area contributed by atoms with Gasteiger partial charge in [-0.2, -0.15) is 6.07 Å². The molecule has 3 heteroatoms. The second-order valence-corrected chi connectivity index (χ2v) is 12.2. The molecule has 0 bridgehead atoms. The van der Waals surface area contributed by atoms with Crippen LogP contribution in [-0.2, 0) is 27.3 Å². The quantitative estimate of drug-likeness (QED) is 0.215.